The Bertz CT molecular complexity index is 174. The maximum Gasteiger partial charge on any atom is 0.0897 e. The summed E-state index contributed by atoms with van der Waals surface area (Å²) < 4.78 is 5.39. The first-order valence-corrected chi connectivity index (χ1v) is 6.29. The molecular weight excluding hydrogens is 206 g/mol. The molecule has 96 valence electrons. The molecule has 1 rings (SSSR count). The summed E-state index contributed by atoms with van der Waals surface area (Å²) in [5.74, 6) is 1.20. The van der Waals surface area contributed by atoms with Crippen molar-refractivity contribution in [3.63, 3.8) is 0 Å². The number of aliphatic hydroxyl groups is 2. The Kier molecular flexibility index (Phi) is 6.96. The second kappa shape index (κ2) is 8.01. The van der Waals surface area contributed by atoms with Gasteiger partial charge in [0.1, 0.15) is 0 Å². The molecule has 1 aliphatic carbocycles. The van der Waals surface area contributed by atoms with E-state index in [1.807, 2.05) is 0 Å². The molecule has 0 aromatic rings. The van der Waals surface area contributed by atoms with E-state index in [-0.39, 0.29) is 6.61 Å². The molecule has 0 aromatic heterocycles. The largest absolute Gasteiger partial charge is 0.396 e. The highest BCUT2D eigenvalue weighted by Crippen LogP contribution is 2.28. The first-order valence-electron chi connectivity index (χ1n) is 6.29. The van der Waals surface area contributed by atoms with Gasteiger partial charge in [-0.05, 0) is 37.6 Å². The first-order chi connectivity index (χ1) is 7.72. The van der Waals surface area contributed by atoms with Crippen LogP contribution < -0.4 is 5.32 Å². The average Bonchev–Trinajstić information content (AvgIpc) is 3.02. The van der Waals surface area contributed by atoms with Crippen molar-refractivity contribution < 1.29 is 14.9 Å². The molecule has 4 heteroatoms. The molecule has 4 nitrogen and oxygen atoms in total. The molecule has 1 fully saturated rings. The van der Waals surface area contributed by atoms with Gasteiger partial charge >= 0.3 is 0 Å². The number of ether oxygens (including phenoxy) is 1. The van der Waals surface area contributed by atoms with Crippen LogP contribution in [0.25, 0.3) is 0 Å². The van der Waals surface area contributed by atoms with E-state index in [9.17, 15) is 5.11 Å². The molecule has 0 aromatic carbocycles. The van der Waals surface area contributed by atoms with E-state index in [4.69, 9.17) is 9.84 Å². The topological polar surface area (TPSA) is 61.7 Å². The van der Waals surface area contributed by atoms with Crippen LogP contribution in [0.4, 0.5) is 0 Å². The van der Waals surface area contributed by atoms with Crippen molar-refractivity contribution in [1.82, 2.24) is 5.32 Å². The van der Waals surface area contributed by atoms with Crippen LogP contribution in [-0.4, -0.2) is 49.2 Å². The minimum Gasteiger partial charge on any atom is -0.396 e. The highest BCUT2D eigenvalue weighted by molar-refractivity contribution is 4.72. The first kappa shape index (κ1) is 13.9. The molecule has 0 heterocycles. The summed E-state index contributed by atoms with van der Waals surface area (Å²) in [6, 6.07) is 0. The predicted molar refractivity (Wildman–Crippen MR) is 63.3 cm³/mol. The summed E-state index contributed by atoms with van der Waals surface area (Å²) in [6.07, 6.45) is 2.96. The maximum atomic E-state index is 9.59. The molecule has 2 atom stereocenters. The Morgan fingerprint density at radius 2 is 2.12 bits per heavy atom. The molecule has 0 spiro atoms. The van der Waals surface area contributed by atoms with Gasteiger partial charge in [0.05, 0.1) is 12.7 Å². The lowest BCUT2D eigenvalue weighted by atomic mass is 10.1. The van der Waals surface area contributed by atoms with Crippen molar-refractivity contribution in [2.45, 2.75) is 32.3 Å². The van der Waals surface area contributed by atoms with Crippen LogP contribution in [0.3, 0.4) is 0 Å². The van der Waals surface area contributed by atoms with Crippen molar-refractivity contribution in [3.05, 3.63) is 0 Å². The summed E-state index contributed by atoms with van der Waals surface area (Å²) in [5, 5.41) is 21.5. The highest BCUT2D eigenvalue weighted by atomic mass is 16.5. The van der Waals surface area contributed by atoms with Gasteiger partial charge in [-0.3, -0.25) is 0 Å². The quantitative estimate of drug-likeness (QED) is 0.509. The third kappa shape index (κ3) is 7.17. The zero-order valence-electron chi connectivity index (χ0n) is 10.2. The normalized spacial score (nSPS) is 19.7. The monoisotopic (exact) mass is 231 g/mol. The molecule has 2 unspecified atom stereocenters. The van der Waals surface area contributed by atoms with Gasteiger partial charge in [-0.15, -0.1) is 0 Å². The Hall–Kier alpha value is -0.160. The number of aliphatic hydroxyl groups excluding tert-OH is 2. The van der Waals surface area contributed by atoms with Crippen LogP contribution in [0.5, 0.6) is 0 Å². The van der Waals surface area contributed by atoms with Crippen LogP contribution in [-0.2, 0) is 4.74 Å². The van der Waals surface area contributed by atoms with E-state index < -0.39 is 6.10 Å². The third-order valence-corrected chi connectivity index (χ3v) is 2.86. The van der Waals surface area contributed by atoms with Crippen LogP contribution in [0.15, 0.2) is 0 Å². The van der Waals surface area contributed by atoms with Crippen molar-refractivity contribution in [3.8, 4) is 0 Å². The number of rotatable bonds is 10. The molecule has 0 radical (unpaired) electrons. The number of hydrogen-bond donors (Lipinski definition) is 3. The third-order valence-electron chi connectivity index (χ3n) is 2.86. The fourth-order valence-corrected chi connectivity index (χ4v) is 1.53. The number of hydrogen-bond acceptors (Lipinski definition) is 4. The van der Waals surface area contributed by atoms with Crippen molar-refractivity contribution >= 4 is 0 Å². The van der Waals surface area contributed by atoms with E-state index >= 15 is 0 Å². The van der Waals surface area contributed by atoms with Crippen LogP contribution in [0, 0.1) is 11.8 Å². The lowest BCUT2D eigenvalue weighted by Gasteiger charge is -2.15. The predicted octanol–water partition coefficient (Wildman–Crippen LogP) is 0.382. The molecule has 0 bridgehead atoms. The van der Waals surface area contributed by atoms with Gasteiger partial charge in [0, 0.05) is 19.8 Å². The van der Waals surface area contributed by atoms with E-state index in [2.05, 4.69) is 12.2 Å². The standard InChI is InChI=1S/C12H25NO3/c1-10(4-5-14)6-13-7-12(15)9-16-8-11-2-3-11/h10-15H,2-9H2,1H3. The molecule has 1 saturated carbocycles. The summed E-state index contributed by atoms with van der Waals surface area (Å²) >= 11 is 0. The fraction of sp³-hybridized carbons (Fsp3) is 1.00. The van der Waals surface area contributed by atoms with E-state index in [0.717, 1.165) is 25.5 Å². The van der Waals surface area contributed by atoms with Crippen molar-refractivity contribution in [1.29, 1.82) is 0 Å². The van der Waals surface area contributed by atoms with Crippen molar-refractivity contribution in [2.75, 3.05) is 32.9 Å². The lowest BCUT2D eigenvalue weighted by Crippen LogP contribution is -2.33. The second-order valence-corrected chi connectivity index (χ2v) is 4.91. The Morgan fingerprint density at radius 1 is 1.38 bits per heavy atom. The number of nitrogens with one attached hydrogen (secondary N) is 1. The van der Waals surface area contributed by atoms with Gasteiger partial charge in [-0.25, -0.2) is 0 Å². The molecule has 0 aliphatic heterocycles. The molecule has 1 aliphatic rings. The van der Waals surface area contributed by atoms with Crippen LogP contribution in [0.2, 0.25) is 0 Å². The zero-order valence-corrected chi connectivity index (χ0v) is 10.2. The lowest BCUT2D eigenvalue weighted by molar-refractivity contribution is 0.0322. The smallest absolute Gasteiger partial charge is 0.0897 e. The molecular formula is C12H25NO3. The van der Waals surface area contributed by atoms with Gasteiger partial charge < -0.3 is 20.3 Å². The second-order valence-electron chi connectivity index (χ2n) is 4.91. The van der Waals surface area contributed by atoms with Gasteiger partial charge in [0.2, 0.25) is 0 Å². The minimum absolute atomic E-state index is 0.232. The van der Waals surface area contributed by atoms with Gasteiger partial charge in [-0.1, -0.05) is 6.92 Å². The van der Waals surface area contributed by atoms with Gasteiger partial charge in [-0.2, -0.15) is 0 Å². The minimum atomic E-state index is -0.417. The Morgan fingerprint density at radius 3 is 2.75 bits per heavy atom. The summed E-state index contributed by atoms with van der Waals surface area (Å²) in [4.78, 5) is 0. The van der Waals surface area contributed by atoms with Gasteiger partial charge in [0.25, 0.3) is 0 Å². The summed E-state index contributed by atoms with van der Waals surface area (Å²) in [5.41, 5.74) is 0. The zero-order chi connectivity index (χ0) is 11.8. The van der Waals surface area contributed by atoms with E-state index in [1.165, 1.54) is 12.8 Å². The maximum absolute atomic E-state index is 9.59. The Balaban J connectivity index is 1.86. The molecule has 0 amide bonds. The summed E-state index contributed by atoms with van der Waals surface area (Å²) in [7, 11) is 0. The van der Waals surface area contributed by atoms with Crippen molar-refractivity contribution in [2.24, 2.45) is 11.8 Å². The van der Waals surface area contributed by atoms with E-state index in [1.54, 1.807) is 0 Å². The van der Waals surface area contributed by atoms with Crippen LogP contribution in [0.1, 0.15) is 26.2 Å². The fourth-order valence-electron chi connectivity index (χ4n) is 1.53. The summed E-state index contributed by atoms with van der Waals surface area (Å²) in [6.45, 7) is 4.95. The highest BCUT2D eigenvalue weighted by Gasteiger charge is 2.21. The van der Waals surface area contributed by atoms with E-state index in [0.29, 0.717) is 19.1 Å². The molecule has 16 heavy (non-hydrogen) atoms. The molecule has 0 saturated heterocycles. The molecule has 3 N–H and O–H groups in total. The average molecular weight is 231 g/mol. The van der Waals surface area contributed by atoms with Crippen LogP contribution >= 0.6 is 0 Å². The SMILES string of the molecule is CC(CCO)CNCC(O)COCC1CC1. The Labute approximate surface area is 98.0 Å². The van der Waals surface area contributed by atoms with Gasteiger partial charge in [0.15, 0.2) is 0 Å².